The standard InChI is InChI=1S/C15H7F5N4O2/c16-9-1-6(2-10(17)12(9)26-5-15(18,19)20)11-7(3-21)13(23)24-14(25)8(11)4-22/h1-2H,5H2,(H3,23,24,25). The Morgan fingerprint density at radius 2 is 1.65 bits per heavy atom. The zero-order valence-electron chi connectivity index (χ0n) is 12.5. The highest BCUT2D eigenvalue weighted by Crippen LogP contribution is 2.33. The normalized spacial score (nSPS) is 10.9. The van der Waals surface area contributed by atoms with Crippen LogP contribution in [0.3, 0.4) is 0 Å². The number of nitrogens with two attached hydrogens (primary N) is 1. The molecule has 0 saturated heterocycles. The molecule has 134 valence electrons. The number of ether oxygens (including phenoxy) is 1. The van der Waals surface area contributed by atoms with Gasteiger partial charge in [0.25, 0.3) is 5.56 Å². The van der Waals surface area contributed by atoms with Crippen LogP contribution in [0.2, 0.25) is 0 Å². The molecule has 0 radical (unpaired) electrons. The number of benzene rings is 1. The number of nitriles is 2. The number of hydrogen-bond donors (Lipinski definition) is 2. The van der Waals surface area contributed by atoms with Gasteiger partial charge >= 0.3 is 6.18 Å². The van der Waals surface area contributed by atoms with E-state index in [1.807, 2.05) is 4.98 Å². The van der Waals surface area contributed by atoms with Crippen LogP contribution in [0, 0.1) is 34.3 Å². The molecule has 11 heteroatoms. The highest BCUT2D eigenvalue weighted by molar-refractivity contribution is 5.80. The van der Waals surface area contributed by atoms with Crippen LogP contribution in [0.25, 0.3) is 11.1 Å². The van der Waals surface area contributed by atoms with Crippen molar-refractivity contribution in [3.63, 3.8) is 0 Å². The molecule has 0 fully saturated rings. The molecule has 6 nitrogen and oxygen atoms in total. The Labute approximate surface area is 141 Å². The molecule has 2 rings (SSSR count). The Morgan fingerprint density at radius 3 is 2.12 bits per heavy atom. The lowest BCUT2D eigenvalue weighted by Gasteiger charge is -2.13. The number of nitrogens with zero attached hydrogens (tertiary/aromatic N) is 2. The summed E-state index contributed by atoms with van der Waals surface area (Å²) in [5.74, 6) is -4.77. The molecule has 3 N–H and O–H groups in total. The fourth-order valence-corrected chi connectivity index (χ4v) is 2.13. The van der Waals surface area contributed by atoms with Crippen molar-refractivity contribution in [3.8, 4) is 29.0 Å². The van der Waals surface area contributed by atoms with Crippen LogP contribution in [0.5, 0.6) is 5.75 Å². The molecule has 2 aromatic rings. The first kappa shape index (κ1) is 18.7. The van der Waals surface area contributed by atoms with Crippen molar-refractivity contribution in [2.45, 2.75) is 6.18 Å². The first-order valence-corrected chi connectivity index (χ1v) is 6.64. The number of hydrogen-bond acceptors (Lipinski definition) is 5. The van der Waals surface area contributed by atoms with E-state index < -0.39 is 63.8 Å². The van der Waals surface area contributed by atoms with E-state index >= 15 is 0 Å². The van der Waals surface area contributed by atoms with Gasteiger partial charge in [-0.25, -0.2) is 8.78 Å². The van der Waals surface area contributed by atoms with E-state index in [0.717, 1.165) is 0 Å². The van der Waals surface area contributed by atoms with Crippen LogP contribution >= 0.6 is 0 Å². The van der Waals surface area contributed by atoms with Gasteiger partial charge < -0.3 is 15.5 Å². The summed E-state index contributed by atoms with van der Waals surface area (Å²) >= 11 is 0. The summed E-state index contributed by atoms with van der Waals surface area (Å²) in [7, 11) is 0. The molecule has 0 amide bonds. The van der Waals surface area contributed by atoms with Gasteiger partial charge in [-0.3, -0.25) is 4.79 Å². The van der Waals surface area contributed by atoms with E-state index in [9.17, 15) is 26.7 Å². The smallest absolute Gasteiger partial charge is 0.422 e. The predicted octanol–water partition coefficient (Wildman–Crippen LogP) is 2.59. The van der Waals surface area contributed by atoms with E-state index in [2.05, 4.69) is 4.74 Å². The fraction of sp³-hybridized carbons (Fsp3) is 0.133. The van der Waals surface area contributed by atoms with Gasteiger partial charge in [0.15, 0.2) is 24.0 Å². The third-order valence-corrected chi connectivity index (χ3v) is 3.14. The summed E-state index contributed by atoms with van der Waals surface area (Å²) in [6.07, 6.45) is -4.82. The van der Waals surface area contributed by atoms with Gasteiger partial charge in [-0.1, -0.05) is 0 Å². The van der Waals surface area contributed by atoms with Gasteiger partial charge in [0, 0.05) is 5.56 Å². The van der Waals surface area contributed by atoms with E-state index in [0.29, 0.717) is 12.1 Å². The summed E-state index contributed by atoms with van der Waals surface area (Å²) in [4.78, 5) is 13.8. The number of alkyl halides is 3. The minimum Gasteiger partial charge on any atom is -0.478 e. The number of aromatic amines is 1. The summed E-state index contributed by atoms with van der Waals surface area (Å²) in [6, 6.07) is 4.14. The molecule has 0 aliphatic carbocycles. The maximum atomic E-state index is 14.0. The monoisotopic (exact) mass is 370 g/mol. The van der Waals surface area contributed by atoms with Crippen LogP contribution in [-0.2, 0) is 0 Å². The average molecular weight is 370 g/mol. The molecular formula is C15H7F5N4O2. The highest BCUT2D eigenvalue weighted by Gasteiger charge is 2.30. The van der Waals surface area contributed by atoms with Crippen LogP contribution in [0.1, 0.15) is 11.1 Å². The molecule has 26 heavy (non-hydrogen) atoms. The Bertz CT molecular complexity index is 992. The number of aromatic nitrogens is 1. The summed E-state index contributed by atoms with van der Waals surface area (Å²) in [5.41, 5.74) is 2.51. The van der Waals surface area contributed by atoms with Gasteiger partial charge in [-0.15, -0.1) is 0 Å². The Hall–Kier alpha value is -3.60. The predicted molar refractivity (Wildman–Crippen MR) is 77.8 cm³/mol. The van der Waals surface area contributed by atoms with Gasteiger partial charge in [0.2, 0.25) is 0 Å². The lowest BCUT2D eigenvalue weighted by molar-refractivity contribution is -0.154. The van der Waals surface area contributed by atoms with Crippen molar-refractivity contribution < 1.29 is 26.7 Å². The minimum absolute atomic E-state index is 0.427. The maximum Gasteiger partial charge on any atom is 0.422 e. The number of nitrogens with one attached hydrogen (secondary N) is 1. The third kappa shape index (κ3) is 3.57. The Kier molecular flexibility index (Phi) is 4.84. The van der Waals surface area contributed by atoms with Crippen molar-refractivity contribution in [2.75, 3.05) is 12.3 Å². The molecule has 0 unspecified atom stereocenters. The minimum atomic E-state index is -4.82. The summed E-state index contributed by atoms with van der Waals surface area (Å²) in [5, 5.41) is 18.2. The molecule has 1 aromatic heterocycles. The molecule has 0 aliphatic rings. The van der Waals surface area contributed by atoms with Crippen molar-refractivity contribution in [1.82, 2.24) is 4.98 Å². The average Bonchev–Trinajstić information content (AvgIpc) is 2.52. The lowest BCUT2D eigenvalue weighted by atomic mass is 9.96. The molecule has 1 heterocycles. The second-order valence-corrected chi connectivity index (χ2v) is 4.89. The van der Waals surface area contributed by atoms with Gasteiger partial charge in [-0.2, -0.15) is 23.7 Å². The van der Waals surface area contributed by atoms with Crippen LogP contribution in [0.15, 0.2) is 16.9 Å². The summed E-state index contributed by atoms with van der Waals surface area (Å²) in [6.45, 7) is -1.93. The van der Waals surface area contributed by atoms with Crippen LogP contribution < -0.4 is 16.0 Å². The van der Waals surface area contributed by atoms with Gasteiger partial charge in [0.05, 0.1) is 0 Å². The summed E-state index contributed by atoms with van der Waals surface area (Å²) < 4.78 is 68.6. The zero-order valence-corrected chi connectivity index (χ0v) is 12.5. The second kappa shape index (κ2) is 6.72. The number of nitrogen functional groups attached to an aromatic ring is 1. The van der Waals surface area contributed by atoms with Crippen LogP contribution in [-0.4, -0.2) is 17.8 Å². The molecule has 1 aromatic carbocycles. The number of halogens is 5. The number of H-pyrrole nitrogens is 1. The van der Waals surface area contributed by atoms with Crippen molar-refractivity contribution in [1.29, 1.82) is 10.5 Å². The van der Waals surface area contributed by atoms with E-state index in [1.54, 1.807) is 6.07 Å². The highest BCUT2D eigenvalue weighted by atomic mass is 19.4. The molecule has 0 bridgehead atoms. The maximum absolute atomic E-state index is 14.0. The Balaban J connectivity index is 2.68. The van der Waals surface area contributed by atoms with E-state index in [-0.39, 0.29) is 0 Å². The van der Waals surface area contributed by atoms with Crippen LogP contribution in [0.4, 0.5) is 27.8 Å². The molecule has 0 aliphatic heterocycles. The lowest BCUT2D eigenvalue weighted by Crippen LogP contribution is -2.20. The first-order chi connectivity index (χ1) is 12.1. The van der Waals surface area contributed by atoms with Gasteiger partial charge in [0.1, 0.15) is 29.1 Å². The largest absolute Gasteiger partial charge is 0.478 e. The quantitative estimate of drug-likeness (QED) is 0.806. The van der Waals surface area contributed by atoms with Crippen molar-refractivity contribution >= 4 is 5.82 Å². The molecular weight excluding hydrogens is 363 g/mol. The molecule has 0 saturated carbocycles. The van der Waals surface area contributed by atoms with Crippen molar-refractivity contribution in [2.24, 2.45) is 0 Å². The number of anilines is 1. The SMILES string of the molecule is N#Cc1c(N)[nH]c(=O)c(C#N)c1-c1cc(F)c(OCC(F)(F)F)c(F)c1. The molecule has 0 atom stereocenters. The number of rotatable bonds is 3. The Morgan fingerprint density at radius 1 is 1.12 bits per heavy atom. The fourth-order valence-electron chi connectivity index (χ4n) is 2.13. The topological polar surface area (TPSA) is 116 Å². The first-order valence-electron chi connectivity index (χ1n) is 6.64. The zero-order chi connectivity index (χ0) is 19.6. The van der Waals surface area contributed by atoms with E-state index in [1.165, 1.54) is 6.07 Å². The van der Waals surface area contributed by atoms with E-state index in [4.69, 9.17) is 16.3 Å². The van der Waals surface area contributed by atoms with Gasteiger partial charge in [-0.05, 0) is 17.7 Å². The number of pyridine rings is 1. The second-order valence-electron chi connectivity index (χ2n) is 4.89. The third-order valence-electron chi connectivity index (χ3n) is 3.14. The molecule has 0 spiro atoms. The van der Waals surface area contributed by atoms with Crippen molar-refractivity contribution in [3.05, 3.63) is 45.2 Å².